The Morgan fingerprint density at radius 1 is 1.05 bits per heavy atom. The summed E-state index contributed by atoms with van der Waals surface area (Å²) >= 11 is 7.52. The number of aliphatic carboxylic acids is 1. The Kier molecular flexibility index (Phi) is 9.93. The number of nitrogens with zero attached hydrogens (tertiary/aromatic N) is 1. The van der Waals surface area contributed by atoms with Crippen LogP contribution in [-0.4, -0.2) is 16.4 Å². The summed E-state index contributed by atoms with van der Waals surface area (Å²) in [4.78, 5) is 24.4. The Hall–Kier alpha value is -2.68. The van der Waals surface area contributed by atoms with Gasteiger partial charge in [-0.2, -0.15) is 4.37 Å². The van der Waals surface area contributed by atoms with Gasteiger partial charge in [-0.1, -0.05) is 72.3 Å². The van der Waals surface area contributed by atoms with Crippen molar-refractivity contribution in [2.75, 3.05) is 5.32 Å². The van der Waals surface area contributed by atoms with Crippen molar-refractivity contribution in [3.8, 4) is 21.6 Å². The second-order valence-electron chi connectivity index (χ2n) is 8.44. The summed E-state index contributed by atoms with van der Waals surface area (Å²) < 4.78 is 9.98. The number of anilines is 1. The number of ether oxygens (including phenoxy) is 1. The van der Waals surface area contributed by atoms with Crippen LogP contribution >= 0.6 is 23.1 Å². The van der Waals surface area contributed by atoms with E-state index in [1.54, 1.807) is 19.1 Å². The zero-order valence-electron chi connectivity index (χ0n) is 21.0. The van der Waals surface area contributed by atoms with Gasteiger partial charge in [0.15, 0.2) is 0 Å². The number of aryl methyl sites for hydroxylation is 2. The molecule has 1 aromatic heterocycles. The molecule has 1 N–H and O–H groups in total. The Labute approximate surface area is 247 Å². The molecule has 9 heteroatoms. The summed E-state index contributed by atoms with van der Waals surface area (Å²) in [6.45, 7) is 5.55. The Bertz CT molecular complexity index is 1420. The number of nitrogens with one attached hydrogen (secondary N) is 1. The van der Waals surface area contributed by atoms with Gasteiger partial charge in [-0.25, -0.2) is 4.79 Å². The molecule has 0 aliphatic rings. The van der Waals surface area contributed by atoms with E-state index in [-0.39, 0.29) is 36.0 Å². The maximum absolute atomic E-state index is 12.7. The number of hydrogen-bond donors (Lipinski definition) is 1. The Morgan fingerprint density at radius 2 is 1.73 bits per heavy atom. The number of carboxylic acids is 1. The van der Waals surface area contributed by atoms with Gasteiger partial charge in [-0.05, 0) is 66.2 Å². The molecule has 37 heavy (non-hydrogen) atoms. The molecule has 1 amide bonds. The molecule has 4 rings (SSSR count). The van der Waals surface area contributed by atoms with Crippen molar-refractivity contribution in [1.29, 1.82) is 0 Å². The normalized spacial score (nSPS) is 11.4. The predicted molar refractivity (Wildman–Crippen MR) is 141 cm³/mol. The topological polar surface area (TPSA) is 91.4 Å². The maximum Gasteiger partial charge on any atom is 1.00 e. The third-order valence-corrected chi connectivity index (χ3v) is 7.15. The monoisotopic (exact) mass is 542 g/mol. The first-order valence-corrected chi connectivity index (χ1v) is 12.5. The molecule has 0 fully saturated rings. The van der Waals surface area contributed by atoms with E-state index >= 15 is 0 Å². The number of carbonyl (C=O) groups is 2. The summed E-state index contributed by atoms with van der Waals surface area (Å²) in [5.74, 6) is -1.10. The van der Waals surface area contributed by atoms with Crippen molar-refractivity contribution in [3.63, 3.8) is 0 Å². The summed E-state index contributed by atoms with van der Waals surface area (Å²) in [5.41, 5.74) is 6.64. The van der Waals surface area contributed by atoms with E-state index < -0.39 is 18.2 Å². The maximum atomic E-state index is 12.7. The van der Waals surface area contributed by atoms with Crippen LogP contribution in [0.1, 0.15) is 35.4 Å². The molecular formula is C28H24ClN2NaO4S. The van der Waals surface area contributed by atoms with E-state index in [2.05, 4.69) is 9.69 Å². The Morgan fingerprint density at radius 3 is 2.38 bits per heavy atom. The van der Waals surface area contributed by atoms with Gasteiger partial charge in [0, 0.05) is 23.0 Å². The molecule has 0 spiro atoms. The van der Waals surface area contributed by atoms with E-state index in [4.69, 9.17) is 16.3 Å². The summed E-state index contributed by atoms with van der Waals surface area (Å²) in [6, 6.07) is 20.8. The van der Waals surface area contributed by atoms with Crippen LogP contribution in [0.5, 0.6) is 0 Å². The molecule has 1 heterocycles. The molecule has 0 unspecified atom stereocenters. The number of halogens is 1. The fraction of sp³-hybridized carbons (Fsp3) is 0.179. The number of rotatable bonds is 7. The minimum absolute atomic E-state index is 0. The van der Waals surface area contributed by atoms with Crippen LogP contribution in [0.2, 0.25) is 5.02 Å². The number of aromatic nitrogens is 1. The molecule has 0 saturated heterocycles. The molecule has 0 saturated carbocycles. The first kappa shape index (κ1) is 28.9. The van der Waals surface area contributed by atoms with Crippen molar-refractivity contribution in [2.45, 2.75) is 33.3 Å². The second-order valence-corrected chi connectivity index (χ2v) is 9.62. The fourth-order valence-electron chi connectivity index (χ4n) is 4.00. The van der Waals surface area contributed by atoms with Gasteiger partial charge in [-0.3, -0.25) is 5.32 Å². The standard InChI is InChI=1S/C28H25ClN2O4S.Na/c1-16-14-19(15-25(32)33)8-13-22(16)20-9-11-21(12-10-20)27-26(17(2)31-36-27)30-28(34)35-18(3)23-6-4-5-7-24(23)29;/h4-14,18H,15H2,1-3H3,(H,30,34)(H,32,33);/q;+1/p-1/t18-;/m1./s1. The van der Waals surface area contributed by atoms with E-state index in [0.717, 1.165) is 32.7 Å². The zero-order chi connectivity index (χ0) is 25.8. The molecule has 3 aromatic carbocycles. The first-order chi connectivity index (χ1) is 17.2. The van der Waals surface area contributed by atoms with Crippen LogP contribution in [0.4, 0.5) is 10.5 Å². The summed E-state index contributed by atoms with van der Waals surface area (Å²) in [5, 5.41) is 14.3. The van der Waals surface area contributed by atoms with Gasteiger partial charge in [0.2, 0.25) is 0 Å². The van der Waals surface area contributed by atoms with Gasteiger partial charge < -0.3 is 14.6 Å². The average Bonchev–Trinajstić information content (AvgIpc) is 3.19. The summed E-state index contributed by atoms with van der Waals surface area (Å²) in [7, 11) is 0. The number of benzene rings is 3. The Balaban J connectivity index is 0.00000380. The van der Waals surface area contributed by atoms with E-state index in [1.807, 2.05) is 68.4 Å². The van der Waals surface area contributed by atoms with Gasteiger partial charge in [0.25, 0.3) is 0 Å². The first-order valence-electron chi connectivity index (χ1n) is 11.3. The molecule has 184 valence electrons. The quantitative estimate of drug-likeness (QED) is 0.362. The fourth-order valence-corrected chi connectivity index (χ4v) is 5.14. The van der Waals surface area contributed by atoms with Crippen LogP contribution in [0.25, 0.3) is 21.6 Å². The van der Waals surface area contributed by atoms with E-state index in [9.17, 15) is 14.7 Å². The SMILES string of the molecule is Cc1cc(CC(=O)[O-])ccc1-c1ccc(-c2snc(C)c2NC(=O)O[C@H](C)c2ccccc2Cl)cc1.[Na+]. The minimum atomic E-state index is -1.10. The largest absolute Gasteiger partial charge is 1.00 e. The van der Waals surface area contributed by atoms with Crippen LogP contribution in [0.15, 0.2) is 66.7 Å². The minimum Gasteiger partial charge on any atom is -0.550 e. The average molecular weight is 543 g/mol. The van der Waals surface area contributed by atoms with Crippen LogP contribution in [0, 0.1) is 13.8 Å². The molecule has 0 bridgehead atoms. The van der Waals surface area contributed by atoms with Gasteiger partial charge >= 0.3 is 35.7 Å². The predicted octanol–water partition coefficient (Wildman–Crippen LogP) is 3.35. The van der Waals surface area contributed by atoms with Crippen molar-refractivity contribution in [1.82, 2.24) is 4.37 Å². The molecule has 0 radical (unpaired) electrons. The number of amides is 1. The third kappa shape index (κ3) is 7.00. The number of carboxylic acid groups (broad SMARTS) is 1. The number of carbonyl (C=O) groups excluding carboxylic acids is 2. The number of hydrogen-bond acceptors (Lipinski definition) is 6. The van der Waals surface area contributed by atoms with E-state index in [1.165, 1.54) is 11.5 Å². The van der Waals surface area contributed by atoms with Gasteiger partial charge in [0.1, 0.15) is 6.10 Å². The molecular weight excluding hydrogens is 519 g/mol. The molecule has 0 aliphatic heterocycles. The van der Waals surface area contributed by atoms with Crippen molar-refractivity contribution >= 4 is 40.9 Å². The van der Waals surface area contributed by atoms with Crippen molar-refractivity contribution in [2.24, 2.45) is 0 Å². The smallest absolute Gasteiger partial charge is 0.550 e. The zero-order valence-corrected chi connectivity index (χ0v) is 24.6. The van der Waals surface area contributed by atoms with Crippen LogP contribution in [0.3, 0.4) is 0 Å². The third-order valence-electron chi connectivity index (χ3n) is 5.81. The molecule has 0 aliphatic carbocycles. The second kappa shape index (κ2) is 12.7. The molecule has 6 nitrogen and oxygen atoms in total. The van der Waals surface area contributed by atoms with E-state index in [0.29, 0.717) is 22.0 Å². The van der Waals surface area contributed by atoms with Gasteiger partial charge in [-0.15, -0.1) is 0 Å². The van der Waals surface area contributed by atoms with Crippen LogP contribution in [-0.2, 0) is 16.0 Å². The van der Waals surface area contributed by atoms with Crippen molar-refractivity contribution < 1.29 is 49.0 Å². The van der Waals surface area contributed by atoms with Gasteiger partial charge in [0.05, 0.1) is 16.3 Å². The van der Waals surface area contributed by atoms with Crippen LogP contribution < -0.4 is 40.0 Å². The van der Waals surface area contributed by atoms with Crippen molar-refractivity contribution in [3.05, 3.63) is 94.1 Å². The molecule has 4 aromatic rings. The molecule has 1 atom stereocenters. The summed E-state index contributed by atoms with van der Waals surface area (Å²) in [6.07, 6.45) is -1.22.